The SMILES string of the molecule is [B]c1c(F)cc(NC(=O)C2=C(O)[C@@]3(C)CCCN3N(Cc3ccccc3Cl)C2=O)cc1F. The van der Waals surface area contributed by atoms with Crippen molar-refractivity contribution in [2.75, 3.05) is 11.9 Å². The number of hydrazine groups is 1. The molecule has 6 nitrogen and oxygen atoms in total. The number of fused-ring (bicyclic) bond motifs is 1. The van der Waals surface area contributed by atoms with Gasteiger partial charge in [0.1, 0.15) is 30.8 Å². The van der Waals surface area contributed by atoms with Crippen LogP contribution < -0.4 is 10.8 Å². The molecule has 2 aromatic rings. The summed E-state index contributed by atoms with van der Waals surface area (Å²) < 4.78 is 27.6. The third kappa shape index (κ3) is 3.65. The summed E-state index contributed by atoms with van der Waals surface area (Å²) >= 11 is 6.27. The average molecular weight is 458 g/mol. The van der Waals surface area contributed by atoms with E-state index < -0.39 is 40.0 Å². The Morgan fingerprint density at radius 2 is 1.94 bits per heavy atom. The highest BCUT2D eigenvalue weighted by molar-refractivity contribution is 6.33. The van der Waals surface area contributed by atoms with Gasteiger partial charge in [-0.3, -0.25) is 14.6 Å². The van der Waals surface area contributed by atoms with Crippen molar-refractivity contribution in [1.82, 2.24) is 10.0 Å². The summed E-state index contributed by atoms with van der Waals surface area (Å²) in [6, 6.07) is 8.68. The zero-order valence-corrected chi connectivity index (χ0v) is 17.9. The molecule has 10 heteroatoms. The number of rotatable bonds is 4. The number of aliphatic hydroxyl groups is 1. The summed E-state index contributed by atoms with van der Waals surface area (Å²) in [5, 5.41) is 16.8. The molecule has 1 atom stereocenters. The van der Waals surface area contributed by atoms with E-state index in [-0.39, 0.29) is 18.0 Å². The van der Waals surface area contributed by atoms with Crippen molar-refractivity contribution >= 4 is 42.4 Å². The summed E-state index contributed by atoms with van der Waals surface area (Å²) in [6.45, 7) is 2.32. The molecule has 1 fully saturated rings. The largest absolute Gasteiger partial charge is 0.509 e. The second-order valence-electron chi connectivity index (χ2n) is 7.99. The number of anilines is 1. The van der Waals surface area contributed by atoms with Gasteiger partial charge in [0, 0.05) is 17.3 Å². The predicted molar refractivity (Wildman–Crippen MR) is 116 cm³/mol. The van der Waals surface area contributed by atoms with Gasteiger partial charge in [0.25, 0.3) is 11.8 Å². The van der Waals surface area contributed by atoms with E-state index in [0.717, 1.165) is 12.1 Å². The molecule has 2 aliphatic heterocycles. The minimum absolute atomic E-state index is 0.0866. The molecule has 1 saturated heterocycles. The maximum atomic E-state index is 13.8. The maximum Gasteiger partial charge on any atom is 0.277 e. The van der Waals surface area contributed by atoms with Crippen LogP contribution in [0.5, 0.6) is 0 Å². The Hall–Kier alpha value is -2.91. The summed E-state index contributed by atoms with van der Waals surface area (Å²) in [5.74, 6) is -4.21. The van der Waals surface area contributed by atoms with E-state index in [1.807, 2.05) is 0 Å². The van der Waals surface area contributed by atoms with Gasteiger partial charge in [-0.1, -0.05) is 29.8 Å². The number of hydrogen-bond acceptors (Lipinski definition) is 4. The van der Waals surface area contributed by atoms with Crippen LogP contribution in [0.25, 0.3) is 0 Å². The van der Waals surface area contributed by atoms with Crippen LogP contribution in [0.15, 0.2) is 47.7 Å². The van der Waals surface area contributed by atoms with Crippen LogP contribution in [-0.2, 0) is 16.1 Å². The normalized spacial score (nSPS) is 21.1. The highest BCUT2D eigenvalue weighted by Gasteiger charge is 2.52. The fourth-order valence-electron chi connectivity index (χ4n) is 4.19. The van der Waals surface area contributed by atoms with Crippen LogP contribution in [0.2, 0.25) is 5.02 Å². The number of carbonyl (C=O) groups is 2. The second kappa shape index (κ2) is 8.22. The van der Waals surface area contributed by atoms with Crippen LogP contribution in [0.4, 0.5) is 14.5 Å². The minimum Gasteiger partial charge on any atom is -0.509 e. The standard InChI is InChI=1S/C22H19BClF2N3O3/c1-22-7-4-8-29(22)28(11-12-5-2-3-6-14(12)24)21(32)17(19(22)30)20(31)27-13-9-15(25)18(23)16(26)10-13/h2-3,5-6,9-10,30H,4,7-8,11H2,1H3,(H,27,31)/t22-/m1/s1. The van der Waals surface area contributed by atoms with Crippen molar-refractivity contribution in [2.45, 2.75) is 31.8 Å². The van der Waals surface area contributed by atoms with Gasteiger partial charge in [-0.15, -0.1) is 0 Å². The van der Waals surface area contributed by atoms with Crippen LogP contribution in [0, 0.1) is 11.6 Å². The highest BCUT2D eigenvalue weighted by Crippen LogP contribution is 2.42. The molecule has 164 valence electrons. The lowest BCUT2D eigenvalue weighted by molar-refractivity contribution is -0.160. The molecule has 0 spiro atoms. The first-order valence-corrected chi connectivity index (χ1v) is 10.3. The summed E-state index contributed by atoms with van der Waals surface area (Å²) in [5.41, 5.74) is -1.72. The number of carbonyl (C=O) groups excluding carboxylic acids is 2. The van der Waals surface area contributed by atoms with E-state index in [1.54, 1.807) is 36.2 Å². The number of nitrogens with zero attached hydrogens (tertiary/aromatic N) is 2. The quantitative estimate of drug-likeness (QED) is 0.547. The Kier molecular flexibility index (Phi) is 5.73. The van der Waals surface area contributed by atoms with Gasteiger partial charge in [-0.05, 0) is 49.0 Å². The molecular formula is C22H19BClF2N3O3. The van der Waals surface area contributed by atoms with E-state index in [4.69, 9.17) is 19.4 Å². The summed E-state index contributed by atoms with van der Waals surface area (Å²) in [4.78, 5) is 26.3. The Morgan fingerprint density at radius 1 is 1.28 bits per heavy atom. The van der Waals surface area contributed by atoms with Crippen LogP contribution in [-0.4, -0.2) is 46.9 Å². The molecule has 0 saturated carbocycles. The Morgan fingerprint density at radius 3 is 2.59 bits per heavy atom. The minimum atomic E-state index is -1.05. The molecule has 2 amide bonds. The van der Waals surface area contributed by atoms with Gasteiger partial charge < -0.3 is 10.4 Å². The number of halogens is 3. The zero-order chi connectivity index (χ0) is 23.2. The molecule has 0 aliphatic carbocycles. The first kappa shape index (κ1) is 22.3. The topological polar surface area (TPSA) is 72.9 Å². The summed E-state index contributed by atoms with van der Waals surface area (Å²) in [7, 11) is 5.26. The van der Waals surface area contributed by atoms with E-state index in [2.05, 4.69) is 5.32 Å². The first-order valence-electron chi connectivity index (χ1n) is 9.96. The Bertz CT molecular complexity index is 1140. The number of aliphatic hydroxyl groups excluding tert-OH is 1. The Labute approximate surface area is 189 Å². The molecule has 0 unspecified atom stereocenters. The molecule has 2 aliphatic rings. The van der Waals surface area contributed by atoms with Gasteiger partial charge >= 0.3 is 0 Å². The second-order valence-corrected chi connectivity index (χ2v) is 8.39. The fourth-order valence-corrected chi connectivity index (χ4v) is 4.38. The molecule has 0 bridgehead atoms. The van der Waals surface area contributed by atoms with E-state index in [9.17, 15) is 23.5 Å². The third-order valence-electron chi connectivity index (χ3n) is 5.93. The van der Waals surface area contributed by atoms with Gasteiger partial charge in [0.15, 0.2) is 0 Å². The third-order valence-corrected chi connectivity index (χ3v) is 6.30. The molecule has 2 heterocycles. The van der Waals surface area contributed by atoms with Crippen molar-refractivity contribution in [2.24, 2.45) is 0 Å². The molecule has 2 radical (unpaired) electrons. The summed E-state index contributed by atoms with van der Waals surface area (Å²) in [6.07, 6.45) is 1.20. The van der Waals surface area contributed by atoms with Gasteiger partial charge in [0.05, 0.1) is 12.1 Å². The van der Waals surface area contributed by atoms with Crippen LogP contribution >= 0.6 is 11.6 Å². The van der Waals surface area contributed by atoms with Crippen LogP contribution in [0.3, 0.4) is 0 Å². The number of nitrogens with one attached hydrogen (secondary N) is 1. The maximum absolute atomic E-state index is 13.8. The lowest BCUT2D eigenvalue weighted by Crippen LogP contribution is -2.60. The zero-order valence-electron chi connectivity index (χ0n) is 17.2. The molecular weight excluding hydrogens is 439 g/mol. The van der Waals surface area contributed by atoms with Gasteiger partial charge in [-0.25, -0.2) is 13.8 Å². The number of benzene rings is 2. The van der Waals surface area contributed by atoms with Crippen molar-refractivity contribution in [3.8, 4) is 0 Å². The predicted octanol–water partition coefficient (Wildman–Crippen LogP) is 2.97. The molecule has 32 heavy (non-hydrogen) atoms. The van der Waals surface area contributed by atoms with Crippen LogP contribution in [0.1, 0.15) is 25.3 Å². The van der Waals surface area contributed by atoms with Gasteiger partial charge in [-0.2, -0.15) is 0 Å². The van der Waals surface area contributed by atoms with Crippen molar-refractivity contribution in [3.63, 3.8) is 0 Å². The number of amides is 2. The van der Waals surface area contributed by atoms with Crippen molar-refractivity contribution in [3.05, 3.63) is 70.0 Å². The molecule has 2 N–H and O–H groups in total. The van der Waals surface area contributed by atoms with E-state index in [0.29, 0.717) is 30.0 Å². The van der Waals surface area contributed by atoms with E-state index >= 15 is 0 Å². The molecule has 0 aromatic heterocycles. The highest BCUT2D eigenvalue weighted by atomic mass is 35.5. The van der Waals surface area contributed by atoms with Crippen molar-refractivity contribution < 1.29 is 23.5 Å². The lowest BCUT2D eigenvalue weighted by Gasteiger charge is -2.46. The van der Waals surface area contributed by atoms with Gasteiger partial charge in [0.2, 0.25) is 0 Å². The first-order chi connectivity index (χ1) is 15.1. The van der Waals surface area contributed by atoms with E-state index in [1.165, 1.54) is 5.01 Å². The molecule has 2 aromatic carbocycles. The monoisotopic (exact) mass is 457 g/mol. The lowest BCUT2D eigenvalue weighted by atomic mass is 9.90. The smallest absolute Gasteiger partial charge is 0.277 e. The van der Waals surface area contributed by atoms with Crippen molar-refractivity contribution in [1.29, 1.82) is 0 Å². The Balaban J connectivity index is 1.71. The average Bonchev–Trinajstić information content (AvgIpc) is 3.14. The number of hydrogen-bond donors (Lipinski definition) is 2. The molecule has 4 rings (SSSR count). The fraction of sp³-hybridized carbons (Fsp3) is 0.273.